The normalized spacial score (nSPS) is 23.0. The second-order valence-corrected chi connectivity index (χ2v) is 6.33. The largest absolute Gasteiger partial charge is 0.464 e. The van der Waals surface area contributed by atoms with E-state index >= 15 is 0 Å². The molecule has 3 heterocycles. The molecule has 0 N–H and O–H groups in total. The molecule has 5 heteroatoms. The third kappa shape index (κ3) is 3.18. The van der Waals surface area contributed by atoms with E-state index in [-0.39, 0.29) is 17.9 Å². The van der Waals surface area contributed by atoms with Gasteiger partial charge in [0.2, 0.25) is 11.8 Å². The zero-order chi connectivity index (χ0) is 15.5. The van der Waals surface area contributed by atoms with Crippen molar-refractivity contribution in [3.63, 3.8) is 0 Å². The van der Waals surface area contributed by atoms with E-state index in [1.54, 1.807) is 4.90 Å². The van der Waals surface area contributed by atoms with Crippen LogP contribution in [0.3, 0.4) is 0 Å². The Morgan fingerprint density at radius 2 is 1.95 bits per heavy atom. The summed E-state index contributed by atoms with van der Waals surface area (Å²) in [5, 5.41) is 0. The molecule has 5 nitrogen and oxygen atoms in total. The van der Waals surface area contributed by atoms with Crippen LogP contribution in [0.25, 0.3) is 0 Å². The smallest absolute Gasteiger partial charge is 0.245 e. The summed E-state index contributed by atoms with van der Waals surface area (Å²) in [5.74, 6) is 1.76. The summed E-state index contributed by atoms with van der Waals surface area (Å²) in [6, 6.07) is 3.46. The maximum absolute atomic E-state index is 12.8. The van der Waals surface area contributed by atoms with Gasteiger partial charge in [-0.05, 0) is 38.3 Å². The maximum atomic E-state index is 12.8. The molecule has 120 valence electrons. The summed E-state index contributed by atoms with van der Waals surface area (Å²) in [5.41, 5.74) is 0. The molecule has 3 rings (SSSR count). The molecule has 1 aromatic heterocycles. The predicted molar refractivity (Wildman–Crippen MR) is 82.1 cm³/mol. The Bertz CT molecular complexity index is 544. The van der Waals surface area contributed by atoms with Gasteiger partial charge in [0.05, 0.1) is 6.54 Å². The van der Waals surface area contributed by atoms with Crippen LogP contribution in [0, 0.1) is 6.92 Å². The summed E-state index contributed by atoms with van der Waals surface area (Å²) in [6.07, 6.45) is 5.64. The van der Waals surface area contributed by atoms with Crippen LogP contribution in [-0.2, 0) is 16.1 Å². The van der Waals surface area contributed by atoms with Crippen LogP contribution in [0.5, 0.6) is 0 Å². The number of furan rings is 1. The van der Waals surface area contributed by atoms with Crippen molar-refractivity contribution < 1.29 is 14.0 Å². The van der Waals surface area contributed by atoms with E-state index in [1.165, 1.54) is 12.8 Å². The van der Waals surface area contributed by atoms with Crippen molar-refractivity contribution in [3.05, 3.63) is 23.7 Å². The molecular formula is C17H24N2O3. The zero-order valence-corrected chi connectivity index (χ0v) is 13.2. The lowest BCUT2D eigenvalue weighted by molar-refractivity contribution is -0.142. The molecule has 2 aliphatic rings. The van der Waals surface area contributed by atoms with E-state index in [0.29, 0.717) is 19.4 Å². The lowest BCUT2D eigenvalue weighted by Gasteiger charge is -2.29. The van der Waals surface area contributed by atoms with Crippen molar-refractivity contribution in [3.8, 4) is 0 Å². The van der Waals surface area contributed by atoms with Gasteiger partial charge in [-0.15, -0.1) is 0 Å². The number of carbonyl (C=O) groups is 2. The molecule has 0 aromatic carbocycles. The van der Waals surface area contributed by atoms with E-state index in [4.69, 9.17) is 4.42 Å². The van der Waals surface area contributed by atoms with E-state index in [0.717, 1.165) is 37.5 Å². The molecule has 2 saturated heterocycles. The molecule has 2 aliphatic heterocycles. The van der Waals surface area contributed by atoms with Crippen molar-refractivity contribution in [1.29, 1.82) is 0 Å². The molecule has 2 fully saturated rings. The Labute approximate surface area is 131 Å². The predicted octanol–water partition coefficient (Wildman–Crippen LogP) is 2.48. The van der Waals surface area contributed by atoms with Crippen LogP contribution >= 0.6 is 0 Å². The Morgan fingerprint density at radius 3 is 2.59 bits per heavy atom. The minimum absolute atomic E-state index is 0.0576. The monoisotopic (exact) mass is 304 g/mol. The topological polar surface area (TPSA) is 53.8 Å². The van der Waals surface area contributed by atoms with Gasteiger partial charge in [-0.2, -0.15) is 0 Å². The van der Waals surface area contributed by atoms with Gasteiger partial charge >= 0.3 is 0 Å². The second kappa shape index (κ2) is 6.55. The van der Waals surface area contributed by atoms with Crippen LogP contribution < -0.4 is 0 Å². The van der Waals surface area contributed by atoms with Crippen LogP contribution in [0.4, 0.5) is 0 Å². The lowest BCUT2D eigenvalue weighted by Crippen LogP contribution is -2.46. The summed E-state index contributed by atoms with van der Waals surface area (Å²) in [7, 11) is 0. The van der Waals surface area contributed by atoms with Crippen molar-refractivity contribution in [1.82, 2.24) is 9.80 Å². The molecule has 0 radical (unpaired) electrons. The van der Waals surface area contributed by atoms with Gasteiger partial charge in [0.15, 0.2) is 0 Å². The number of amides is 2. The summed E-state index contributed by atoms with van der Waals surface area (Å²) in [4.78, 5) is 28.6. The van der Waals surface area contributed by atoms with Crippen molar-refractivity contribution in [2.45, 2.75) is 58.0 Å². The summed E-state index contributed by atoms with van der Waals surface area (Å²) < 4.78 is 5.57. The van der Waals surface area contributed by atoms with Crippen molar-refractivity contribution in [2.75, 3.05) is 13.1 Å². The molecule has 0 saturated carbocycles. The minimum Gasteiger partial charge on any atom is -0.464 e. The zero-order valence-electron chi connectivity index (χ0n) is 13.2. The first-order valence-corrected chi connectivity index (χ1v) is 8.29. The number of carbonyl (C=O) groups excluding carboxylic acids is 2. The highest BCUT2D eigenvalue weighted by Gasteiger charge is 2.38. The Hall–Kier alpha value is -1.78. The van der Waals surface area contributed by atoms with Gasteiger partial charge in [0.25, 0.3) is 0 Å². The van der Waals surface area contributed by atoms with Gasteiger partial charge in [0, 0.05) is 19.5 Å². The van der Waals surface area contributed by atoms with Gasteiger partial charge in [-0.3, -0.25) is 9.59 Å². The highest BCUT2D eigenvalue weighted by molar-refractivity contribution is 5.90. The van der Waals surface area contributed by atoms with E-state index in [9.17, 15) is 9.59 Å². The molecular weight excluding hydrogens is 280 g/mol. The number of aryl methyl sites for hydroxylation is 1. The number of hydrogen-bond acceptors (Lipinski definition) is 3. The van der Waals surface area contributed by atoms with Gasteiger partial charge in [0.1, 0.15) is 17.6 Å². The summed E-state index contributed by atoms with van der Waals surface area (Å²) >= 11 is 0. The van der Waals surface area contributed by atoms with Crippen LogP contribution in [-0.4, -0.2) is 40.7 Å². The number of nitrogens with zero attached hydrogens (tertiary/aromatic N) is 2. The first-order chi connectivity index (χ1) is 10.6. The number of hydrogen-bond donors (Lipinski definition) is 0. The molecule has 0 spiro atoms. The van der Waals surface area contributed by atoms with Crippen molar-refractivity contribution in [2.24, 2.45) is 0 Å². The third-order valence-corrected chi connectivity index (χ3v) is 4.65. The fraction of sp³-hybridized carbons (Fsp3) is 0.647. The van der Waals surface area contributed by atoms with Gasteiger partial charge in [-0.25, -0.2) is 0 Å². The fourth-order valence-corrected chi connectivity index (χ4v) is 3.43. The molecule has 1 atom stereocenters. The van der Waals surface area contributed by atoms with Gasteiger partial charge in [-0.1, -0.05) is 12.8 Å². The standard InChI is InChI=1S/C17H24N2O3/c1-13-6-7-14(22-13)12-19-15(8-9-16(19)20)17(21)18-10-4-2-3-5-11-18/h6-7,15H,2-5,8-12H2,1H3. The van der Waals surface area contributed by atoms with E-state index in [1.807, 2.05) is 24.0 Å². The maximum Gasteiger partial charge on any atom is 0.245 e. The third-order valence-electron chi connectivity index (χ3n) is 4.65. The first kappa shape index (κ1) is 15.1. The van der Waals surface area contributed by atoms with E-state index in [2.05, 4.69) is 0 Å². The quantitative estimate of drug-likeness (QED) is 0.862. The Balaban J connectivity index is 1.70. The van der Waals surface area contributed by atoms with E-state index < -0.39 is 0 Å². The molecule has 2 amide bonds. The van der Waals surface area contributed by atoms with Crippen LogP contribution in [0.15, 0.2) is 16.5 Å². The minimum atomic E-state index is -0.309. The average molecular weight is 304 g/mol. The SMILES string of the molecule is Cc1ccc(CN2C(=O)CCC2C(=O)N2CCCCCC2)o1. The molecule has 0 aliphatic carbocycles. The Morgan fingerprint density at radius 1 is 1.23 bits per heavy atom. The average Bonchev–Trinajstić information content (AvgIpc) is 2.96. The van der Waals surface area contributed by atoms with Crippen molar-refractivity contribution >= 4 is 11.8 Å². The highest BCUT2D eigenvalue weighted by Crippen LogP contribution is 2.25. The molecule has 0 bridgehead atoms. The van der Waals surface area contributed by atoms with Gasteiger partial charge < -0.3 is 14.2 Å². The van der Waals surface area contributed by atoms with Crippen LogP contribution in [0.1, 0.15) is 50.0 Å². The summed E-state index contributed by atoms with van der Waals surface area (Å²) in [6.45, 7) is 3.94. The molecule has 22 heavy (non-hydrogen) atoms. The number of likely N-dealkylation sites (tertiary alicyclic amines) is 2. The Kier molecular flexibility index (Phi) is 4.50. The molecule has 1 unspecified atom stereocenters. The van der Waals surface area contributed by atoms with Crippen LogP contribution in [0.2, 0.25) is 0 Å². The first-order valence-electron chi connectivity index (χ1n) is 8.29. The molecule has 1 aromatic rings. The fourth-order valence-electron chi connectivity index (χ4n) is 3.43. The highest BCUT2D eigenvalue weighted by atomic mass is 16.3. The second-order valence-electron chi connectivity index (χ2n) is 6.33. The number of rotatable bonds is 3. The lowest BCUT2D eigenvalue weighted by atomic mass is 10.2.